The van der Waals surface area contributed by atoms with Crippen LogP contribution in [0.4, 0.5) is 0 Å². The molecule has 0 amide bonds. The van der Waals surface area contributed by atoms with Crippen LogP contribution in [-0.2, 0) is 14.6 Å². The van der Waals surface area contributed by atoms with Gasteiger partial charge in [-0.2, -0.15) is 0 Å². The molecule has 4 heteroatoms. The van der Waals surface area contributed by atoms with Crippen molar-refractivity contribution in [2.24, 2.45) is 0 Å². The molecule has 1 heterocycles. The van der Waals surface area contributed by atoms with Crippen LogP contribution in [0.3, 0.4) is 0 Å². The van der Waals surface area contributed by atoms with Crippen LogP contribution >= 0.6 is 0 Å². The number of sulfone groups is 1. The highest BCUT2D eigenvalue weighted by atomic mass is 32.2. The summed E-state index contributed by atoms with van der Waals surface area (Å²) >= 11 is 0. The standard InChI is InChI=1S/C9H18O3S/c1-8(2)13(10,11)7-9-5-3-4-6-12-9/h8-9H,3-7H2,1-2H3. The topological polar surface area (TPSA) is 43.4 Å². The molecule has 0 spiro atoms. The molecule has 1 aliphatic heterocycles. The van der Waals surface area contributed by atoms with Gasteiger partial charge in [0.2, 0.25) is 0 Å². The zero-order chi connectivity index (χ0) is 9.90. The number of rotatable bonds is 3. The molecule has 1 rings (SSSR count). The SMILES string of the molecule is CC(C)S(=O)(=O)CC1CCCCO1. The van der Waals surface area contributed by atoms with Gasteiger partial charge in [-0.3, -0.25) is 0 Å². The number of hydrogen-bond donors (Lipinski definition) is 0. The summed E-state index contributed by atoms with van der Waals surface area (Å²) in [6.45, 7) is 4.16. The van der Waals surface area contributed by atoms with Crippen LogP contribution < -0.4 is 0 Å². The van der Waals surface area contributed by atoms with E-state index in [1.165, 1.54) is 0 Å². The van der Waals surface area contributed by atoms with E-state index in [4.69, 9.17) is 4.74 Å². The normalized spacial score (nSPS) is 25.0. The third kappa shape index (κ3) is 3.27. The first-order valence-electron chi connectivity index (χ1n) is 4.85. The summed E-state index contributed by atoms with van der Waals surface area (Å²) in [5, 5.41) is -0.280. The predicted octanol–water partition coefficient (Wildman–Crippen LogP) is 1.38. The Balaban J connectivity index is 2.47. The minimum Gasteiger partial charge on any atom is -0.377 e. The largest absolute Gasteiger partial charge is 0.377 e. The van der Waals surface area contributed by atoms with Gasteiger partial charge >= 0.3 is 0 Å². The van der Waals surface area contributed by atoms with Crippen LogP contribution in [-0.4, -0.2) is 32.1 Å². The zero-order valence-electron chi connectivity index (χ0n) is 8.32. The summed E-state index contributed by atoms with van der Waals surface area (Å²) in [6, 6.07) is 0. The highest BCUT2D eigenvalue weighted by Gasteiger charge is 2.24. The molecule has 1 saturated heterocycles. The van der Waals surface area contributed by atoms with E-state index < -0.39 is 9.84 Å². The first-order valence-corrected chi connectivity index (χ1v) is 6.57. The fraction of sp³-hybridized carbons (Fsp3) is 1.00. The maximum Gasteiger partial charge on any atom is 0.155 e. The number of hydrogen-bond acceptors (Lipinski definition) is 3. The Hall–Kier alpha value is -0.0900. The molecule has 0 aromatic carbocycles. The lowest BCUT2D eigenvalue weighted by Gasteiger charge is -2.23. The van der Waals surface area contributed by atoms with Gasteiger partial charge in [-0.1, -0.05) is 0 Å². The quantitative estimate of drug-likeness (QED) is 0.700. The van der Waals surface area contributed by atoms with Gasteiger partial charge in [-0.15, -0.1) is 0 Å². The molecule has 13 heavy (non-hydrogen) atoms. The Morgan fingerprint density at radius 2 is 2.08 bits per heavy atom. The summed E-state index contributed by atoms with van der Waals surface area (Å²) < 4.78 is 28.4. The Kier molecular flexibility index (Phi) is 3.74. The van der Waals surface area contributed by atoms with E-state index in [-0.39, 0.29) is 17.1 Å². The highest BCUT2D eigenvalue weighted by Crippen LogP contribution is 2.16. The molecule has 0 bridgehead atoms. The second-order valence-corrected chi connectivity index (χ2v) is 6.47. The molecular formula is C9H18O3S. The average molecular weight is 206 g/mol. The third-order valence-corrected chi connectivity index (χ3v) is 4.68. The maximum atomic E-state index is 11.5. The molecule has 78 valence electrons. The average Bonchev–Trinajstić information content (AvgIpc) is 2.05. The molecule has 0 radical (unpaired) electrons. The molecule has 0 aromatic heterocycles. The van der Waals surface area contributed by atoms with Gasteiger partial charge < -0.3 is 4.74 Å². The molecule has 0 aromatic rings. The first-order chi connectivity index (χ1) is 6.02. The molecule has 1 aliphatic rings. The minimum absolute atomic E-state index is 0.0545. The monoisotopic (exact) mass is 206 g/mol. The summed E-state index contributed by atoms with van der Waals surface area (Å²) in [6.07, 6.45) is 3.00. The first kappa shape index (κ1) is 11.0. The van der Waals surface area contributed by atoms with Crippen molar-refractivity contribution < 1.29 is 13.2 Å². The smallest absolute Gasteiger partial charge is 0.155 e. The van der Waals surface area contributed by atoms with Crippen LogP contribution in [0.25, 0.3) is 0 Å². The van der Waals surface area contributed by atoms with Crippen LogP contribution in [0.1, 0.15) is 33.1 Å². The van der Waals surface area contributed by atoms with Crippen LogP contribution in [0.2, 0.25) is 0 Å². The molecule has 0 N–H and O–H groups in total. The van der Waals surface area contributed by atoms with E-state index in [9.17, 15) is 8.42 Å². The third-order valence-electron chi connectivity index (χ3n) is 2.41. The van der Waals surface area contributed by atoms with Crippen LogP contribution in [0.5, 0.6) is 0 Å². The molecule has 1 fully saturated rings. The van der Waals surface area contributed by atoms with Crippen molar-refractivity contribution >= 4 is 9.84 Å². The van der Waals surface area contributed by atoms with E-state index in [2.05, 4.69) is 0 Å². The fourth-order valence-electron chi connectivity index (χ4n) is 1.39. The molecular weight excluding hydrogens is 188 g/mol. The lowest BCUT2D eigenvalue weighted by atomic mass is 10.1. The van der Waals surface area contributed by atoms with Gasteiger partial charge in [-0.25, -0.2) is 8.42 Å². The van der Waals surface area contributed by atoms with Crippen molar-refractivity contribution in [1.29, 1.82) is 0 Å². The Morgan fingerprint density at radius 1 is 1.38 bits per heavy atom. The van der Waals surface area contributed by atoms with Crippen molar-refractivity contribution in [2.75, 3.05) is 12.4 Å². The van der Waals surface area contributed by atoms with Crippen molar-refractivity contribution in [3.05, 3.63) is 0 Å². The summed E-state index contributed by atoms with van der Waals surface area (Å²) in [7, 11) is -2.92. The van der Waals surface area contributed by atoms with Crippen molar-refractivity contribution in [3.8, 4) is 0 Å². The fourth-order valence-corrected chi connectivity index (χ4v) is 2.56. The second-order valence-electron chi connectivity index (χ2n) is 3.87. The van der Waals surface area contributed by atoms with Gasteiger partial charge in [0.1, 0.15) is 0 Å². The summed E-state index contributed by atoms with van der Waals surface area (Å²) in [5.74, 6) is 0.199. The maximum absolute atomic E-state index is 11.5. The van der Waals surface area contributed by atoms with Crippen molar-refractivity contribution in [3.63, 3.8) is 0 Å². The molecule has 1 unspecified atom stereocenters. The van der Waals surface area contributed by atoms with Crippen LogP contribution in [0, 0.1) is 0 Å². The van der Waals surface area contributed by atoms with Crippen molar-refractivity contribution in [2.45, 2.75) is 44.5 Å². The van der Waals surface area contributed by atoms with Crippen LogP contribution in [0.15, 0.2) is 0 Å². The second kappa shape index (κ2) is 4.42. The lowest BCUT2D eigenvalue weighted by Crippen LogP contribution is -2.31. The summed E-state index contributed by atoms with van der Waals surface area (Å²) in [4.78, 5) is 0. The minimum atomic E-state index is -2.92. The summed E-state index contributed by atoms with van der Waals surface area (Å²) in [5.41, 5.74) is 0. The predicted molar refractivity (Wildman–Crippen MR) is 52.5 cm³/mol. The number of ether oxygens (including phenoxy) is 1. The van der Waals surface area contributed by atoms with Gasteiger partial charge in [0.15, 0.2) is 9.84 Å². The molecule has 3 nitrogen and oxygen atoms in total. The van der Waals surface area contributed by atoms with Gasteiger partial charge in [-0.05, 0) is 33.1 Å². The van der Waals surface area contributed by atoms with E-state index in [1.54, 1.807) is 13.8 Å². The Morgan fingerprint density at radius 3 is 2.54 bits per heavy atom. The van der Waals surface area contributed by atoms with Gasteiger partial charge in [0, 0.05) is 6.61 Å². The van der Waals surface area contributed by atoms with E-state index in [0.717, 1.165) is 25.9 Å². The van der Waals surface area contributed by atoms with Gasteiger partial charge in [0.05, 0.1) is 17.1 Å². The Bertz CT molecular complexity index is 238. The Labute approximate surface area is 80.4 Å². The zero-order valence-corrected chi connectivity index (χ0v) is 9.14. The van der Waals surface area contributed by atoms with Gasteiger partial charge in [0.25, 0.3) is 0 Å². The van der Waals surface area contributed by atoms with E-state index in [1.807, 2.05) is 0 Å². The molecule has 0 aliphatic carbocycles. The van der Waals surface area contributed by atoms with E-state index >= 15 is 0 Å². The van der Waals surface area contributed by atoms with Crippen molar-refractivity contribution in [1.82, 2.24) is 0 Å². The molecule has 0 saturated carbocycles. The molecule has 1 atom stereocenters. The highest BCUT2D eigenvalue weighted by molar-refractivity contribution is 7.92. The van der Waals surface area contributed by atoms with E-state index in [0.29, 0.717) is 0 Å². The lowest BCUT2D eigenvalue weighted by molar-refractivity contribution is 0.0304.